The summed E-state index contributed by atoms with van der Waals surface area (Å²) in [6, 6.07) is 8.60. The fraction of sp³-hybridized carbons (Fsp3) is 0.200. The van der Waals surface area contributed by atoms with E-state index in [0.29, 0.717) is 17.0 Å². The highest BCUT2D eigenvalue weighted by atomic mass is 35.5. The lowest BCUT2D eigenvalue weighted by Gasteiger charge is -2.10. The molecular formula is C20H16ClF3N4O2. The summed E-state index contributed by atoms with van der Waals surface area (Å²) in [5.41, 5.74) is 0.567. The van der Waals surface area contributed by atoms with Gasteiger partial charge in [-0.2, -0.15) is 23.1 Å². The molecule has 1 amide bonds. The Labute approximate surface area is 174 Å². The number of carbonyl (C=O) groups is 1. The van der Waals surface area contributed by atoms with Crippen molar-refractivity contribution in [2.75, 3.05) is 0 Å². The Kier molecular flexibility index (Phi) is 6.21. The minimum Gasteiger partial charge on any atom is -0.479 e. The predicted octanol–water partition coefficient (Wildman–Crippen LogP) is 4.61. The van der Waals surface area contributed by atoms with Gasteiger partial charge in [-0.1, -0.05) is 36.7 Å². The Morgan fingerprint density at radius 1 is 1.07 bits per heavy atom. The van der Waals surface area contributed by atoms with E-state index >= 15 is 0 Å². The fourth-order valence-electron chi connectivity index (χ4n) is 2.60. The number of hydrogen-bond donors (Lipinski definition) is 2. The van der Waals surface area contributed by atoms with Crippen molar-refractivity contribution in [1.29, 1.82) is 0 Å². The van der Waals surface area contributed by atoms with Gasteiger partial charge in [-0.3, -0.25) is 4.79 Å². The molecule has 10 heteroatoms. The van der Waals surface area contributed by atoms with Gasteiger partial charge < -0.3 is 10.4 Å². The summed E-state index contributed by atoms with van der Waals surface area (Å²) < 4.78 is 38.3. The molecule has 3 rings (SSSR count). The van der Waals surface area contributed by atoms with E-state index in [2.05, 4.69) is 20.3 Å². The van der Waals surface area contributed by atoms with Crippen molar-refractivity contribution in [3.8, 4) is 28.8 Å². The van der Waals surface area contributed by atoms with Crippen LogP contribution in [0.15, 0.2) is 42.5 Å². The number of hydrogen-bond acceptors (Lipinski definition) is 5. The van der Waals surface area contributed by atoms with Gasteiger partial charge in [-0.15, -0.1) is 0 Å². The third kappa shape index (κ3) is 5.04. The molecule has 0 atom stereocenters. The zero-order chi connectivity index (χ0) is 21.9. The van der Waals surface area contributed by atoms with Crippen LogP contribution >= 0.6 is 11.6 Å². The number of amides is 1. The molecule has 0 saturated carbocycles. The van der Waals surface area contributed by atoms with Crippen LogP contribution in [-0.4, -0.2) is 26.0 Å². The number of alkyl halides is 3. The zero-order valence-electron chi connectivity index (χ0n) is 15.7. The van der Waals surface area contributed by atoms with Gasteiger partial charge in [0.1, 0.15) is 0 Å². The first kappa shape index (κ1) is 21.5. The van der Waals surface area contributed by atoms with Crippen molar-refractivity contribution in [2.24, 2.45) is 0 Å². The molecule has 30 heavy (non-hydrogen) atoms. The number of rotatable bonds is 5. The van der Waals surface area contributed by atoms with Gasteiger partial charge in [0.05, 0.1) is 10.6 Å². The Bertz CT molecular complexity index is 1070. The minimum absolute atomic E-state index is 0.00743. The molecule has 0 unspecified atom stereocenters. The maximum atomic E-state index is 12.8. The summed E-state index contributed by atoms with van der Waals surface area (Å²) >= 11 is 6.25. The number of carbonyl (C=O) groups excluding carboxylic acids is 1. The van der Waals surface area contributed by atoms with E-state index in [4.69, 9.17) is 11.6 Å². The van der Waals surface area contributed by atoms with Crippen molar-refractivity contribution >= 4 is 17.5 Å². The Balaban J connectivity index is 1.96. The van der Waals surface area contributed by atoms with Crippen LogP contribution in [0.25, 0.3) is 22.8 Å². The number of aromatic nitrogens is 3. The highest BCUT2D eigenvalue weighted by Crippen LogP contribution is 2.32. The van der Waals surface area contributed by atoms with Crippen LogP contribution in [-0.2, 0) is 17.5 Å². The van der Waals surface area contributed by atoms with Crippen LogP contribution in [0.3, 0.4) is 0 Å². The van der Waals surface area contributed by atoms with Gasteiger partial charge >= 0.3 is 12.2 Å². The number of nitrogens with one attached hydrogen (secondary N) is 1. The first-order valence-electron chi connectivity index (χ1n) is 8.85. The molecule has 1 heterocycles. The molecule has 1 aromatic heterocycles. The lowest BCUT2D eigenvalue weighted by atomic mass is 10.1. The third-order valence-corrected chi connectivity index (χ3v) is 4.51. The molecule has 0 saturated heterocycles. The molecular weight excluding hydrogens is 421 g/mol. The fourth-order valence-corrected chi connectivity index (χ4v) is 2.80. The molecule has 6 nitrogen and oxygen atoms in total. The van der Waals surface area contributed by atoms with E-state index in [1.807, 2.05) is 0 Å². The van der Waals surface area contributed by atoms with Gasteiger partial charge in [0.15, 0.2) is 11.6 Å². The number of benzene rings is 2. The molecule has 0 bridgehead atoms. The average molecular weight is 437 g/mol. The van der Waals surface area contributed by atoms with Crippen LogP contribution in [0.1, 0.15) is 24.5 Å². The van der Waals surface area contributed by atoms with Gasteiger partial charge in [0.25, 0.3) is 0 Å². The first-order valence-corrected chi connectivity index (χ1v) is 9.23. The van der Waals surface area contributed by atoms with E-state index in [9.17, 15) is 23.1 Å². The van der Waals surface area contributed by atoms with Crippen LogP contribution in [0, 0.1) is 0 Å². The van der Waals surface area contributed by atoms with Crippen molar-refractivity contribution in [2.45, 2.75) is 26.1 Å². The second-order valence-electron chi connectivity index (χ2n) is 6.30. The largest absolute Gasteiger partial charge is 0.479 e. The molecule has 0 aliphatic carbocycles. The molecule has 0 radical (unpaired) electrons. The average Bonchev–Trinajstić information content (AvgIpc) is 2.72. The third-order valence-electron chi connectivity index (χ3n) is 4.18. The summed E-state index contributed by atoms with van der Waals surface area (Å²) in [6.45, 7) is 2.00. The molecule has 0 spiro atoms. The Morgan fingerprint density at radius 3 is 2.37 bits per heavy atom. The smallest absolute Gasteiger partial charge is 0.416 e. The molecule has 0 aliphatic rings. The van der Waals surface area contributed by atoms with Gasteiger partial charge in [-0.05, 0) is 29.8 Å². The molecule has 0 fully saturated rings. The van der Waals surface area contributed by atoms with Gasteiger partial charge in [0.2, 0.25) is 5.91 Å². The highest BCUT2D eigenvalue weighted by Gasteiger charge is 2.30. The standard InChI is InChI=1S/C20H16ClF3N4O2/c1-2-16(29)25-10-11-3-8-15(21)14(9-11)18-26-17(27-19(30)28-18)12-4-6-13(7-5-12)20(22,23)24/h3-9H,2,10H2,1H3,(H,25,29)(H,26,27,28,30). The monoisotopic (exact) mass is 436 g/mol. The summed E-state index contributed by atoms with van der Waals surface area (Å²) in [5.74, 6) is -0.0769. The lowest BCUT2D eigenvalue weighted by Crippen LogP contribution is -2.21. The van der Waals surface area contributed by atoms with E-state index in [1.54, 1.807) is 25.1 Å². The van der Waals surface area contributed by atoms with Crippen LogP contribution in [0.2, 0.25) is 5.02 Å². The number of halogens is 4. The van der Waals surface area contributed by atoms with E-state index in [0.717, 1.165) is 17.7 Å². The second kappa shape index (κ2) is 8.66. The number of aromatic hydroxyl groups is 1. The Morgan fingerprint density at radius 2 is 1.73 bits per heavy atom. The van der Waals surface area contributed by atoms with Crippen molar-refractivity contribution in [3.05, 3.63) is 58.6 Å². The summed E-state index contributed by atoms with van der Waals surface area (Å²) in [5, 5.41) is 13.0. The normalized spacial score (nSPS) is 11.4. The van der Waals surface area contributed by atoms with Crippen molar-refractivity contribution in [1.82, 2.24) is 20.3 Å². The lowest BCUT2D eigenvalue weighted by molar-refractivity contribution is -0.137. The van der Waals surface area contributed by atoms with E-state index in [-0.39, 0.29) is 29.7 Å². The molecule has 156 valence electrons. The molecule has 2 N–H and O–H groups in total. The van der Waals surface area contributed by atoms with Crippen LogP contribution in [0.5, 0.6) is 6.01 Å². The van der Waals surface area contributed by atoms with Crippen molar-refractivity contribution < 1.29 is 23.1 Å². The predicted molar refractivity (Wildman–Crippen MR) is 105 cm³/mol. The Hall–Kier alpha value is -3.20. The summed E-state index contributed by atoms with van der Waals surface area (Å²) in [7, 11) is 0. The van der Waals surface area contributed by atoms with Gasteiger partial charge in [-0.25, -0.2) is 4.98 Å². The second-order valence-corrected chi connectivity index (χ2v) is 6.71. The molecule has 3 aromatic rings. The van der Waals surface area contributed by atoms with E-state index in [1.165, 1.54) is 12.1 Å². The van der Waals surface area contributed by atoms with Crippen molar-refractivity contribution in [3.63, 3.8) is 0 Å². The highest BCUT2D eigenvalue weighted by molar-refractivity contribution is 6.33. The summed E-state index contributed by atoms with van der Waals surface area (Å²) in [6.07, 6.45) is -4.12. The quantitative estimate of drug-likeness (QED) is 0.609. The maximum Gasteiger partial charge on any atom is 0.416 e. The first-order chi connectivity index (χ1) is 14.2. The topological polar surface area (TPSA) is 88.0 Å². The molecule has 0 aliphatic heterocycles. The maximum absolute atomic E-state index is 12.8. The van der Waals surface area contributed by atoms with Gasteiger partial charge in [0, 0.05) is 24.1 Å². The number of nitrogens with zero attached hydrogens (tertiary/aromatic N) is 3. The van der Waals surface area contributed by atoms with Crippen LogP contribution in [0.4, 0.5) is 13.2 Å². The zero-order valence-corrected chi connectivity index (χ0v) is 16.4. The molecule has 2 aromatic carbocycles. The van der Waals surface area contributed by atoms with E-state index < -0.39 is 17.8 Å². The SMILES string of the molecule is CCC(=O)NCc1ccc(Cl)c(-c2nc(O)nc(-c3ccc(C(F)(F)F)cc3)n2)c1. The summed E-state index contributed by atoms with van der Waals surface area (Å²) in [4.78, 5) is 23.4. The van der Waals surface area contributed by atoms with Crippen LogP contribution < -0.4 is 5.32 Å². The minimum atomic E-state index is -4.47.